The first kappa shape index (κ1) is 15.3. The van der Waals surface area contributed by atoms with Gasteiger partial charge in [0.1, 0.15) is 0 Å². The molecule has 5 heteroatoms. The molecule has 13 heavy (non-hydrogen) atoms. The third-order valence-corrected chi connectivity index (χ3v) is 2.71. The molecule has 0 aromatic heterocycles. The van der Waals surface area contributed by atoms with Crippen molar-refractivity contribution in [2.45, 2.75) is 26.7 Å². The van der Waals surface area contributed by atoms with E-state index in [4.69, 9.17) is 9.05 Å². The molecule has 0 unspecified atom stereocenters. The van der Waals surface area contributed by atoms with Crippen LogP contribution in [0.1, 0.15) is 26.7 Å². The average molecular weight is 210 g/mol. The highest BCUT2D eigenvalue weighted by atomic mass is 31.2. The average Bonchev–Trinajstić information content (AvgIpc) is 2.11. The molecule has 0 aliphatic rings. The Bertz CT molecular complexity index is 158. The van der Waals surface area contributed by atoms with Crippen LogP contribution in [0, 0.1) is 0 Å². The van der Waals surface area contributed by atoms with E-state index >= 15 is 0 Å². The quantitative estimate of drug-likeness (QED) is 0.605. The van der Waals surface area contributed by atoms with Crippen LogP contribution in [-0.4, -0.2) is 18.7 Å². The zero-order chi connectivity index (χ0) is 9.45. The second-order valence-electron chi connectivity index (χ2n) is 2.39. The first-order valence-electron chi connectivity index (χ1n) is 4.21. The van der Waals surface area contributed by atoms with Gasteiger partial charge < -0.3 is 14.5 Å². The maximum atomic E-state index is 11.5. The van der Waals surface area contributed by atoms with Crippen molar-refractivity contribution in [3.8, 4) is 0 Å². The normalized spacial score (nSPS) is 10.6. The third kappa shape index (κ3) is 6.96. The van der Waals surface area contributed by atoms with Gasteiger partial charge in [-0.25, -0.2) is 0 Å². The van der Waals surface area contributed by atoms with Gasteiger partial charge in [-0.1, -0.05) is 20.4 Å². The van der Waals surface area contributed by atoms with Gasteiger partial charge in [0.2, 0.25) is 0 Å². The zero-order valence-electron chi connectivity index (χ0n) is 8.28. The van der Waals surface area contributed by atoms with Crippen molar-refractivity contribution in [1.29, 1.82) is 0 Å². The van der Waals surface area contributed by atoms with Crippen LogP contribution in [0.2, 0.25) is 0 Å². The summed E-state index contributed by atoms with van der Waals surface area (Å²) in [7, 11) is -2.97. The number of hydrogen-bond donors (Lipinski definition) is 0. The van der Waals surface area contributed by atoms with E-state index in [1.165, 1.54) is 5.82 Å². The molecular formula is C8H19O4P. The Kier molecular flexibility index (Phi) is 9.96. The van der Waals surface area contributed by atoms with E-state index in [9.17, 15) is 4.57 Å². The van der Waals surface area contributed by atoms with Crippen LogP contribution in [0.3, 0.4) is 0 Å². The monoisotopic (exact) mass is 210 g/mol. The molecule has 0 fully saturated rings. The minimum absolute atomic E-state index is 0. The van der Waals surface area contributed by atoms with Crippen LogP contribution in [0.5, 0.6) is 0 Å². The van der Waals surface area contributed by atoms with Gasteiger partial charge in [-0.2, -0.15) is 0 Å². The lowest BCUT2D eigenvalue weighted by Gasteiger charge is -2.13. The lowest BCUT2D eigenvalue weighted by molar-refractivity contribution is 0.212. The molecule has 0 saturated carbocycles. The highest BCUT2D eigenvalue weighted by Crippen LogP contribution is 2.49. The Labute approximate surface area is 79.8 Å². The molecule has 0 aliphatic carbocycles. The second-order valence-corrected chi connectivity index (χ2v) is 4.35. The highest BCUT2D eigenvalue weighted by molar-refractivity contribution is 7.57. The van der Waals surface area contributed by atoms with Crippen LogP contribution in [0.25, 0.3) is 0 Å². The summed E-state index contributed by atoms with van der Waals surface area (Å²) in [5.74, 6) is 1.26. The van der Waals surface area contributed by atoms with Crippen molar-refractivity contribution in [1.82, 2.24) is 0 Å². The predicted molar refractivity (Wildman–Crippen MR) is 53.9 cm³/mol. The van der Waals surface area contributed by atoms with E-state index in [2.05, 4.69) is 6.58 Å². The van der Waals surface area contributed by atoms with Crippen LogP contribution in [0.4, 0.5) is 0 Å². The van der Waals surface area contributed by atoms with Gasteiger partial charge in [-0.05, 0) is 12.8 Å². The Morgan fingerprint density at radius 3 is 1.85 bits per heavy atom. The summed E-state index contributed by atoms with van der Waals surface area (Å²) in [6.07, 6.45) is 1.65. The van der Waals surface area contributed by atoms with Gasteiger partial charge in [0, 0.05) is 5.82 Å². The minimum atomic E-state index is -2.97. The molecule has 0 heterocycles. The SMILES string of the molecule is C=CP(=O)(OCCC)OCCC.O. The summed E-state index contributed by atoms with van der Waals surface area (Å²) in [5.41, 5.74) is 0. The summed E-state index contributed by atoms with van der Waals surface area (Å²) < 4.78 is 21.6. The Morgan fingerprint density at radius 1 is 1.23 bits per heavy atom. The molecule has 0 aromatic carbocycles. The first-order valence-corrected chi connectivity index (χ1v) is 5.82. The van der Waals surface area contributed by atoms with E-state index < -0.39 is 7.60 Å². The van der Waals surface area contributed by atoms with E-state index in [1.54, 1.807) is 0 Å². The number of rotatable bonds is 7. The van der Waals surface area contributed by atoms with Crippen LogP contribution >= 0.6 is 7.60 Å². The van der Waals surface area contributed by atoms with Crippen molar-refractivity contribution in [3.63, 3.8) is 0 Å². The molecule has 2 N–H and O–H groups in total. The van der Waals surface area contributed by atoms with Crippen LogP contribution in [-0.2, 0) is 13.6 Å². The van der Waals surface area contributed by atoms with E-state index in [-0.39, 0.29) is 5.48 Å². The second kappa shape index (κ2) is 8.45. The lowest BCUT2D eigenvalue weighted by atomic mass is 10.5. The summed E-state index contributed by atoms with van der Waals surface area (Å²) in [6, 6.07) is 0. The van der Waals surface area contributed by atoms with E-state index in [0.717, 1.165) is 12.8 Å². The molecule has 4 nitrogen and oxygen atoms in total. The zero-order valence-corrected chi connectivity index (χ0v) is 9.18. The van der Waals surface area contributed by atoms with Gasteiger partial charge in [-0.3, -0.25) is 4.57 Å². The highest BCUT2D eigenvalue weighted by Gasteiger charge is 2.18. The van der Waals surface area contributed by atoms with Gasteiger partial charge in [-0.15, -0.1) is 0 Å². The molecule has 0 aromatic rings. The largest absolute Gasteiger partial charge is 0.412 e. The van der Waals surface area contributed by atoms with Gasteiger partial charge in [0.05, 0.1) is 13.2 Å². The predicted octanol–water partition coefficient (Wildman–Crippen LogP) is 2.35. The van der Waals surface area contributed by atoms with Crippen LogP contribution < -0.4 is 0 Å². The topological polar surface area (TPSA) is 67.0 Å². The molecule has 0 atom stereocenters. The standard InChI is InChI=1S/C8H17O3P.H2O/c1-4-7-10-12(9,6-3)11-8-5-2;/h6H,3-5,7-8H2,1-2H3;1H2. The summed E-state index contributed by atoms with van der Waals surface area (Å²) in [6.45, 7) is 8.23. The number of hydrogen-bond acceptors (Lipinski definition) is 3. The molecule has 0 aliphatic heterocycles. The molecular weight excluding hydrogens is 191 g/mol. The van der Waals surface area contributed by atoms with Crippen molar-refractivity contribution in [3.05, 3.63) is 12.4 Å². The summed E-state index contributed by atoms with van der Waals surface area (Å²) in [5, 5.41) is 0. The van der Waals surface area contributed by atoms with Crippen LogP contribution in [0.15, 0.2) is 12.4 Å². The van der Waals surface area contributed by atoms with E-state index in [0.29, 0.717) is 13.2 Å². The summed E-state index contributed by atoms with van der Waals surface area (Å²) >= 11 is 0. The maximum absolute atomic E-state index is 11.5. The van der Waals surface area contributed by atoms with Crippen molar-refractivity contribution in [2.75, 3.05) is 13.2 Å². The molecule has 0 saturated heterocycles. The molecule has 0 radical (unpaired) electrons. The van der Waals surface area contributed by atoms with Crippen molar-refractivity contribution in [2.24, 2.45) is 0 Å². The van der Waals surface area contributed by atoms with Gasteiger partial charge in [0.25, 0.3) is 0 Å². The van der Waals surface area contributed by atoms with Crippen molar-refractivity contribution < 1.29 is 19.1 Å². The Morgan fingerprint density at radius 2 is 1.62 bits per heavy atom. The van der Waals surface area contributed by atoms with Gasteiger partial charge >= 0.3 is 7.60 Å². The molecule has 0 spiro atoms. The molecule has 0 bridgehead atoms. The van der Waals surface area contributed by atoms with Crippen molar-refractivity contribution >= 4 is 7.60 Å². The summed E-state index contributed by atoms with van der Waals surface area (Å²) in [4.78, 5) is 0. The molecule has 80 valence electrons. The fourth-order valence-corrected chi connectivity index (χ4v) is 1.74. The minimum Gasteiger partial charge on any atom is -0.412 e. The van der Waals surface area contributed by atoms with Gasteiger partial charge in [0.15, 0.2) is 0 Å². The van der Waals surface area contributed by atoms with E-state index in [1.807, 2.05) is 13.8 Å². The molecule has 0 amide bonds. The maximum Gasteiger partial charge on any atom is 0.353 e. The molecule has 0 rings (SSSR count). The Balaban J connectivity index is 0. The smallest absolute Gasteiger partial charge is 0.353 e. The Hall–Kier alpha value is -0.150. The fraction of sp³-hybridized carbons (Fsp3) is 0.750. The lowest BCUT2D eigenvalue weighted by Crippen LogP contribution is -1.95. The third-order valence-electron chi connectivity index (χ3n) is 1.17. The first-order chi connectivity index (χ1) is 5.68. The fourth-order valence-electron chi connectivity index (χ4n) is 0.580.